The van der Waals surface area contributed by atoms with Crippen LogP contribution in [0.3, 0.4) is 0 Å². The minimum Gasteiger partial charge on any atom is -0.336 e. The maximum absolute atomic E-state index is 13.7. The number of carbonyl (C=O) groups excluding carboxylic acids is 2. The molecule has 3 atom stereocenters. The second kappa shape index (κ2) is 8.07. The van der Waals surface area contributed by atoms with Crippen molar-refractivity contribution in [3.63, 3.8) is 0 Å². The Labute approximate surface area is 182 Å². The summed E-state index contributed by atoms with van der Waals surface area (Å²) >= 11 is 6.16. The van der Waals surface area contributed by atoms with Crippen LogP contribution < -0.4 is 0 Å². The van der Waals surface area contributed by atoms with Gasteiger partial charge in [-0.2, -0.15) is 0 Å². The highest BCUT2D eigenvalue weighted by molar-refractivity contribution is 6.31. The molecular weight excluding hydrogens is 396 g/mol. The largest absolute Gasteiger partial charge is 0.336 e. The Kier molecular flexibility index (Phi) is 5.28. The van der Waals surface area contributed by atoms with E-state index in [-0.39, 0.29) is 23.9 Å². The van der Waals surface area contributed by atoms with E-state index in [2.05, 4.69) is 18.2 Å². The summed E-state index contributed by atoms with van der Waals surface area (Å²) in [5.74, 6) is 0.477. The number of nitrogens with zero attached hydrogens (tertiary/aromatic N) is 2. The molecule has 2 heterocycles. The molecule has 1 saturated carbocycles. The summed E-state index contributed by atoms with van der Waals surface area (Å²) in [6, 6.07) is 15.3. The predicted octanol–water partition coefficient (Wildman–Crippen LogP) is 4.70. The van der Waals surface area contributed by atoms with Gasteiger partial charge in [-0.1, -0.05) is 54.8 Å². The molecule has 1 aliphatic carbocycles. The molecule has 5 rings (SSSR count). The van der Waals surface area contributed by atoms with Gasteiger partial charge < -0.3 is 9.80 Å². The summed E-state index contributed by atoms with van der Waals surface area (Å²) in [7, 11) is 0. The molecule has 0 spiro atoms. The monoisotopic (exact) mass is 422 g/mol. The number of carbonyl (C=O) groups is 2. The molecule has 3 aliphatic rings. The van der Waals surface area contributed by atoms with Crippen molar-refractivity contribution in [3.05, 3.63) is 70.2 Å². The van der Waals surface area contributed by atoms with E-state index >= 15 is 0 Å². The lowest BCUT2D eigenvalue weighted by molar-refractivity contribution is -0.136. The molecule has 0 bridgehead atoms. The van der Waals surface area contributed by atoms with Gasteiger partial charge in [0.15, 0.2) is 0 Å². The number of halogens is 1. The van der Waals surface area contributed by atoms with Gasteiger partial charge in [0.05, 0.1) is 0 Å². The Balaban J connectivity index is 1.43. The Hall–Kier alpha value is -2.33. The van der Waals surface area contributed by atoms with E-state index in [9.17, 15) is 9.59 Å². The van der Waals surface area contributed by atoms with Crippen molar-refractivity contribution in [3.8, 4) is 0 Å². The van der Waals surface area contributed by atoms with E-state index in [0.29, 0.717) is 23.0 Å². The molecule has 0 radical (unpaired) electrons. The van der Waals surface area contributed by atoms with E-state index in [1.54, 1.807) is 12.1 Å². The second-order valence-corrected chi connectivity index (χ2v) is 9.30. The van der Waals surface area contributed by atoms with Crippen LogP contribution in [0.1, 0.15) is 53.6 Å². The van der Waals surface area contributed by atoms with Gasteiger partial charge in [-0.05, 0) is 60.9 Å². The molecule has 2 aromatic carbocycles. The molecule has 0 unspecified atom stereocenters. The fraction of sp³-hybridized carbons (Fsp3) is 0.440. The maximum atomic E-state index is 13.7. The third kappa shape index (κ3) is 3.51. The number of benzene rings is 2. The molecule has 30 heavy (non-hydrogen) atoms. The van der Waals surface area contributed by atoms with Crippen molar-refractivity contribution in [1.29, 1.82) is 0 Å². The van der Waals surface area contributed by atoms with Crippen LogP contribution in [0.2, 0.25) is 5.02 Å². The topological polar surface area (TPSA) is 40.6 Å². The lowest BCUT2D eigenvalue weighted by atomic mass is 9.84. The third-order valence-electron chi connectivity index (χ3n) is 7.12. The normalized spacial score (nSPS) is 25.6. The molecule has 156 valence electrons. The Morgan fingerprint density at radius 1 is 0.967 bits per heavy atom. The standard InChI is InChI=1S/C25H27ClN2O2/c26-21-10-5-9-19(14-21)24(29)28-22-11-4-3-7-18(22)15-23(28)25(30)27-13-12-17-6-1-2-8-20(17)16-27/h1-2,5-6,8-10,14,18,22-23H,3-4,7,11-13,15-16H2/t18-,22+,23-/m0/s1. The number of rotatable bonds is 2. The summed E-state index contributed by atoms with van der Waals surface area (Å²) < 4.78 is 0. The van der Waals surface area contributed by atoms with Crippen molar-refractivity contribution < 1.29 is 9.59 Å². The summed E-state index contributed by atoms with van der Waals surface area (Å²) in [6.07, 6.45) is 6.08. The van der Waals surface area contributed by atoms with Crippen LogP contribution in [0.5, 0.6) is 0 Å². The van der Waals surface area contributed by atoms with Crippen molar-refractivity contribution in [1.82, 2.24) is 9.80 Å². The molecule has 2 aromatic rings. The summed E-state index contributed by atoms with van der Waals surface area (Å²) in [4.78, 5) is 31.1. The summed E-state index contributed by atoms with van der Waals surface area (Å²) in [6.45, 7) is 1.36. The van der Waals surface area contributed by atoms with Crippen LogP contribution in [-0.4, -0.2) is 40.2 Å². The molecule has 5 heteroatoms. The van der Waals surface area contributed by atoms with Gasteiger partial charge in [0.25, 0.3) is 5.91 Å². The number of likely N-dealkylation sites (tertiary alicyclic amines) is 1. The summed E-state index contributed by atoms with van der Waals surface area (Å²) in [5.41, 5.74) is 3.13. The van der Waals surface area contributed by atoms with Gasteiger partial charge in [0, 0.05) is 29.7 Å². The maximum Gasteiger partial charge on any atom is 0.254 e. The molecule has 4 nitrogen and oxygen atoms in total. The Morgan fingerprint density at radius 3 is 2.60 bits per heavy atom. The second-order valence-electron chi connectivity index (χ2n) is 8.86. The minimum absolute atomic E-state index is 0.0531. The number of fused-ring (bicyclic) bond motifs is 2. The Bertz CT molecular complexity index is 975. The first-order valence-corrected chi connectivity index (χ1v) is 11.4. The van der Waals surface area contributed by atoms with Gasteiger partial charge in [-0.3, -0.25) is 9.59 Å². The fourth-order valence-corrected chi connectivity index (χ4v) is 5.83. The van der Waals surface area contributed by atoms with Crippen LogP contribution in [0.25, 0.3) is 0 Å². The van der Waals surface area contributed by atoms with Crippen LogP contribution in [-0.2, 0) is 17.8 Å². The molecule has 2 aliphatic heterocycles. The van der Waals surface area contributed by atoms with E-state index in [1.165, 1.54) is 17.5 Å². The molecular formula is C25H27ClN2O2. The molecule has 2 fully saturated rings. The number of hydrogen-bond donors (Lipinski definition) is 0. The van der Waals surface area contributed by atoms with Crippen molar-refractivity contribution >= 4 is 23.4 Å². The van der Waals surface area contributed by atoms with Gasteiger partial charge in [-0.15, -0.1) is 0 Å². The highest BCUT2D eigenvalue weighted by atomic mass is 35.5. The number of hydrogen-bond acceptors (Lipinski definition) is 2. The van der Waals surface area contributed by atoms with Gasteiger partial charge in [0.1, 0.15) is 6.04 Å². The average molecular weight is 423 g/mol. The third-order valence-corrected chi connectivity index (χ3v) is 7.36. The molecule has 1 saturated heterocycles. The van der Waals surface area contributed by atoms with E-state index < -0.39 is 0 Å². The molecule has 0 aromatic heterocycles. The first-order valence-electron chi connectivity index (χ1n) is 11.1. The first kappa shape index (κ1) is 19.6. The zero-order valence-electron chi connectivity index (χ0n) is 17.1. The quantitative estimate of drug-likeness (QED) is 0.703. The lowest BCUT2D eigenvalue weighted by Crippen LogP contribution is -2.51. The SMILES string of the molecule is O=C([C@@H]1C[C@@H]2CCCC[C@H]2N1C(=O)c1cccc(Cl)c1)N1CCc2ccccc2C1. The fourth-order valence-electron chi connectivity index (χ4n) is 5.64. The highest BCUT2D eigenvalue weighted by Gasteiger charge is 2.48. The van der Waals surface area contributed by atoms with E-state index in [0.717, 1.165) is 38.6 Å². The molecule has 2 amide bonds. The van der Waals surface area contributed by atoms with Gasteiger partial charge in [-0.25, -0.2) is 0 Å². The van der Waals surface area contributed by atoms with Crippen LogP contribution in [0.15, 0.2) is 48.5 Å². The van der Waals surface area contributed by atoms with Crippen LogP contribution in [0.4, 0.5) is 0 Å². The van der Waals surface area contributed by atoms with Crippen molar-refractivity contribution in [2.45, 2.75) is 57.2 Å². The highest BCUT2D eigenvalue weighted by Crippen LogP contribution is 2.41. The van der Waals surface area contributed by atoms with Gasteiger partial charge >= 0.3 is 0 Å². The van der Waals surface area contributed by atoms with Crippen molar-refractivity contribution in [2.75, 3.05) is 6.54 Å². The first-order chi connectivity index (χ1) is 14.6. The lowest BCUT2D eigenvalue weighted by Gasteiger charge is -2.36. The van der Waals surface area contributed by atoms with Crippen LogP contribution in [0, 0.1) is 5.92 Å². The van der Waals surface area contributed by atoms with E-state index in [4.69, 9.17) is 11.6 Å². The predicted molar refractivity (Wildman–Crippen MR) is 117 cm³/mol. The van der Waals surface area contributed by atoms with Crippen molar-refractivity contribution in [2.24, 2.45) is 5.92 Å². The van der Waals surface area contributed by atoms with Crippen LogP contribution >= 0.6 is 11.6 Å². The zero-order chi connectivity index (χ0) is 20.7. The summed E-state index contributed by atoms with van der Waals surface area (Å²) in [5, 5.41) is 0.552. The minimum atomic E-state index is -0.366. The van der Waals surface area contributed by atoms with Gasteiger partial charge in [0.2, 0.25) is 5.91 Å². The Morgan fingerprint density at radius 2 is 1.77 bits per heavy atom. The zero-order valence-corrected chi connectivity index (χ0v) is 17.9. The smallest absolute Gasteiger partial charge is 0.254 e. The number of amides is 2. The average Bonchev–Trinajstić information content (AvgIpc) is 3.17. The van der Waals surface area contributed by atoms with E-state index in [1.807, 2.05) is 28.0 Å². The molecule has 0 N–H and O–H groups in total.